The third-order valence-corrected chi connectivity index (χ3v) is 3.35. The average molecular weight is 296 g/mol. The summed E-state index contributed by atoms with van der Waals surface area (Å²) >= 11 is 0. The highest BCUT2D eigenvalue weighted by Crippen LogP contribution is 2.37. The van der Waals surface area contributed by atoms with Crippen molar-refractivity contribution in [2.75, 3.05) is 6.61 Å². The van der Waals surface area contributed by atoms with Crippen LogP contribution in [0.4, 0.5) is 0 Å². The molecule has 0 radical (unpaired) electrons. The Kier molecular flexibility index (Phi) is 3.70. The van der Waals surface area contributed by atoms with Gasteiger partial charge in [-0.15, -0.1) is 0 Å². The lowest BCUT2D eigenvalue weighted by Crippen LogP contribution is -1.91. The molecular weight excluding hydrogens is 280 g/mol. The van der Waals surface area contributed by atoms with Crippen LogP contribution in [0.2, 0.25) is 0 Å². The summed E-state index contributed by atoms with van der Waals surface area (Å²) in [5, 5.41) is 26.7. The summed E-state index contributed by atoms with van der Waals surface area (Å²) in [5.41, 5.74) is 3.01. The Morgan fingerprint density at radius 3 is 2.50 bits per heavy atom. The van der Waals surface area contributed by atoms with E-state index in [0.717, 1.165) is 11.1 Å². The Labute approximate surface area is 127 Å². The molecule has 5 nitrogen and oxygen atoms in total. The van der Waals surface area contributed by atoms with Gasteiger partial charge in [0, 0.05) is 23.4 Å². The van der Waals surface area contributed by atoms with Gasteiger partial charge in [-0.05, 0) is 36.8 Å². The van der Waals surface area contributed by atoms with Crippen molar-refractivity contribution < 1.29 is 14.9 Å². The van der Waals surface area contributed by atoms with Gasteiger partial charge in [-0.25, -0.2) is 0 Å². The van der Waals surface area contributed by atoms with Gasteiger partial charge < -0.3 is 14.9 Å². The quantitative estimate of drug-likeness (QED) is 0.688. The molecule has 2 aromatic carbocycles. The lowest BCUT2D eigenvalue weighted by molar-refractivity contribution is 0.338. The summed E-state index contributed by atoms with van der Waals surface area (Å²) < 4.78 is 5.37. The van der Waals surface area contributed by atoms with Crippen LogP contribution < -0.4 is 4.74 Å². The van der Waals surface area contributed by atoms with Crippen LogP contribution >= 0.6 is 0 Å². The smallest absolute Gasteiger partial charge is 0.128 e. The van der Waals surface area contributed by atoms with Gasteiger partial charge in [0.1, 0.15) is 22.9 Å². The lowest BCUT2D eigenvalue weighted by atomic mass is 10.0. The predicted molar refractivity (Wildman–Crippen MR) is 84.0 cm³/mol. The first-order valence-electron chi connectivity index (χ1n) is 6.98. The number of ether oxygens (including phenoxy) is 1. The van der Waals surface area contributed by atoms with E-state index >= 15 is 0 Å². The van der Waals surface area contributed by atoms with E-state index in [9.17, 15) is 10.2 Å². The molecule has 0 atom stereocenters. The minimum absolute atomic E-state index is 0.109. The summed E-state index contributed by atoms with van der Waals surface area (Å²) in [5.74, 6) is 0.932. The standard InChI is InChI=1S/C17H16N2O3/c1-2-22-13-7-8-14(16(21)9-13)17-15(10-18-19-17)11-3-5-12(20)6-4-11/h3-10,20-21H,2H2,1H3,(H,18,19). The molecule has 3 aromatic rings. The van der Waals surface area contributed by atoms with Crippen LogP contribution in [0, 0.1) is 0 Å². The van der Waals surface area contributed by atoms with E-state index in [1.54, 1.807) is 48.7 Å². The van der Waals surface area contributed by atoms with E-state index in [1.165, 1.54) is 0 Å². The number of rotatable bonds is 4. The number of phenolic OH excluding ortho intramolecular Hbond substituents is 2. The molecule has 0 spiro atoms. The molecule has 0 fully saturated rings. The Morgan fingerprint density at radius 2 is 1.82 bits per heavy atom. The van der Waals surface area contributed by atoms with Crippen LogP contribution in [-0.2, 0) is 0 Å². The summed E-state index contributed by atoms with van der Waals surface area (Å²) in [6.07, 6.45) is 1.76. The highest BCUT2D eigenvalue weighted by Gasteiger charge is 2.14. The molecule has 0 saturated carbocycles. The first kappa shape index (κ1) is 14.0. The molecule has 1 heterocycles. The van der Waals surface area contributed by atoms with Crippen molar-refractivity contribution in [2.24, 2.45) is 0 Å². The number of phenols is 2. The molecule has 5 heteroatoms. The van der Waals surface area contributed by atoms with Gasteiger partial charge in [0.2, 0.25) is 0 Å². The second kappa shape index (κ2) is 5.81. The van der Waals surface area contributed by atoms with Crippen molar-refractivity contribution in [3.8, 4) is 39.6 Å². The zero-order valence-corrected chi connectivity index (χ0v) is 12.1. The number of hydrogen-bond acceptors (Lipinski definition) is 4. The average Bonchev–Trinajstić information content (AvgIpc) is 2.98. The third kappa shape index (κ3) is 2.61. The maximum absolute atomic E-state index is 10.2. The molecule has 0 saturated heterocycles. The number of benzene rings is 2. The monoisotopic (exact) mass is 296 g/mol. The van der Waals surface area contributed by atoms with Gasteiger partial charge in [0.05, 0.1) is 6.61 Å². The Balaban J connectivity index is 2.03. The number of aromatic amines is 1. The number of nitrogens with zero attached hydrogens (tertiary/aromatic N) is 1. The summed E-state index contributed by atoms with van der Waals surface area (Å²) in [6, 6.07) is 12.0. The second-order valence-corrected chi connectivity index (χ2v) is 4.81. The fourth-order valence-electron chi connectivity index (χ4n) is 2.32. The minimum Gasteiger partial charge on any atom is -0.508 e. The van der Waals surface area contributed by atoms with Gasteiger partial charge in [-0.3, -0.25) is 5.10 Å². The summed E-state index contributed by atoms with van der Waals surface area (Å²) in [4.78, 5) is 0. The third-order valence-electron chi connectivity index (χ3n) is 3.35. The molecule has 0 bridgehead atoms. The molecular formula is C17H16N2O3. The van der Waals surface area contributed by atoms with Crippen molar-refractivity contribution >= 4 is 0 Å². The Morgan fingerprint density at radius 1 is 1.05 bits per heavy atom. The molecule has 0 unspecified atom stereocenters. The number of hydrogen-bond donors (Lipinski definition) is 3. The van der Waals surface area contributed by atoms with E-state index in [2.05, 4.69) is 10.2 Å². The highest BCUT2D eigenvalue weighted by molar-refractivity contribution is 5.83. The molecule has 3 N–H and O–H groups in total. The van der Waals surface area contributed by atoms with Gasteiger partial charge in [-0.2, -0.15) is 5.10 Å². The minimum atomic E-state index is 0.109. The van der Waals surface area contributed by atoms with Crippen LogP contribution in [0.5, 0.6) is 17.2 Å². The van der Waals surface area contributed by atoms with Crippen molar-refractivity contribution in [2.45, 2.75) is 6.92 Å². The summed E-state index contributed by atoms with van der Waals surface area (Å²) in [6.45, 7) is 2.43. The van der Waals surface area contributed by atoms with Crippen LogP contribution in [0.3, 0.4) is 0 Å². The van der Waals surface area contributed by atoms with E-state index in [0.29, 0.717) is 23.6 Å². The predicted octanol–water partition coefficient (Wildman–Crippen LogP) is 3.55. The van der Waals surface area contributed by atoms with Crippen LogP contribution in [0.15, 0.2) is 48.7 Å². The number of nitrogens with one attached hydrogen (secondary N) is 1. The van der Waals surface area contributed by atoms with Crippen molar-refractivity contribution in [1.82, 2.24) is 10.2 Å². The molecule has 0 amide bonds. The van der Waals surface area contributed by atoms with Crippen molar-refractivity contribution in [3.05, 3.63) is 48.7 Å². The van der Waals surface area contributed by atoms with Gasteiger partial charge in [-0.1, -0.05) is 12.1 Å². The lowest BCUT2D eigenvalue weighted by Gasteiger charge is -2.08. The largest absolute Gasteiger partial charge is 0.508 e. The van der Waals surface area contributed by atoms with Gasteiger partial charge >= 0.3 is 0 Å². The highest BCUT2D eigenvalue weighted by atomic mass is 16.5. The first-order valence-corrected chi connectivity index (χ1v) is 6.98. The van der Waals surface area contributed by atoms with Gasteiger partial charge in [0.25, 0.3) is 0 Å². The number of H-pyrrole nitrogens is 1. The maximum atomic E-state index is 10.2. The maximum Gasteiger partial charge on any atom is 0.128 e. The normalized spacial score (nSPS) is 10.6. The second-order valence-electron chi connectivity index (χ2n) is 4.81. The topological polar surface area (TPSA) is 78.4 Å². The Bertz CT molecular complexity index is 779. The van der Waals surface area contributed by atoms with Crippen molar-refractivity contribution in [3.63, 3.8) is 0 Å². The van der Waals surface area contributed by atoms with E-state index in [-0.39, 0.29) is 11.5 Å². The van der Waals surface area contributed by atoms with Crippen LogP contribution in [0.25, 0.3) is 22.4 Å². The molecule has 0 aliphatic carbocycles. The molecule has 1 aromatic heterocycles. The van der Waals surface area contributed by atoms with Crippen LogP contribution in [0.1, 0.15) is 6.92 Å². The first-order chi connectivity index (χ1) is 10.7. The SMILES string of the molecule is CCOc1ccc(-c2n[nH]cc2-c2ccc(O)cc2)c(O)c1. The van der Waals surface area contributed by atoms with E-state index in [1.807, 2.05) is 6.92 Å². The molecule has 0 aliphatic rings. The number of aromatic hydroxyl groups is 2. The van der Waals surface area contributed by atoms with Crippen molar-refractivity contribution in [1.29, 1.82) is 0 Å². The molecule has 22 heavy (non-hydrogen) atoms. The molecule has 0 aliphatic heterocycles. The van der Waals surface area contributed by atoms with Crippen LogP contribution in [-0.4, -0.2) is 27.0 Å². The molecule has 3 rings (SSSR count). The molecule has 112 valence electrons. The van der Waals surface area contributed by atoms with E-state index < -0.39 is 0 Å². The van der Waals surface area contributed by atoms with Gasteiger partial charge in [0.15, 0.2) is 0 Å². The summed E-state index contributed by atoms with van der Waals surface area (Å²) in [7, 11) is 0. The Hall–Kier alpha value is -2.95. The zero-order valence-electron chi connectivity index (χ0n) is 12.1. The fourth-order valence-corrected chi connectivity index (χ4v) is 2.32. The zero-order chi connectivity index (χ0) is 15.5. The van der Waals surface area contributed by atoms with E-state index in [4.69, 9.17) is 4.74 Å². The number of aromatic nitrogens is 2. The fraction of sp³-hybridized carbons (Fsp3) is 0.118.